The van der Waals surface area contributed by atoms with Crippen molar-refractivity contribution in [1.29, 1.82) is 0 Å². The highest BCUT2D eigenvalue weighted by atomic mass is 16.5. The second kappa shape index (κ2) is 5.98. The largest absolute Gasteiger partial charge is 0.383 e. The Morgan fingerprint density at radius 3 is 2.64 bits per heavy atom. The summed E-state index contributed by atoms with van der Waals surface area (Å²) in [5, 5.41) is 0. The van der Waals surface area contributed by atoms with Gasteiger partial charge < -0.3 is 10.5 Å². The minimum atomic E-state index is -0.217. The van der Waals surface area contributed by atoms with Gasteiger partial charge in [0.15, 0.2) is 0 Å². The molecular formula is C10H20N2O2. The van der Waals surface area contributed by atoms with E-state index in [2.05, 4.69) is 4.90 Å². The van der Waals surface area contributed by atoms with Crippen molar-refractivity contribution >= 4 is 5.91 Å². The number of amides is 1. The number of nitrogens with zero attached hydrogens (tertiary/aromatic N) is 1. The molecule has 82 valence electrons. The predicted molar refractivity (Wildman–Crippen MR) is 54.9 cm³/mol. The molecule has 1 amide bonds. The van der Waals surface area contributed by atoms with Gasteiger partial charge in [0.25, 0.3) is 0 Å². The van der Waals surface area contributed by atoms with Crippen molar-refractivity contribution in [2.24, 2.45) is 5.73 Å². The fourth-order valence-corrected chi connectivity index (χ4v) is 1.98. The van der Waals surface area contributed by atoms with Crippen molar-refractivity contribution in [2.45, 2.75) is 31.7 Å². The van der Waals surface area contributed by atoms with E-state index in [0.717, 1.165) is 19.5 Å². The lowest BCUT2D eigenvalue weighted by Crippen LogP contribution is -2.37. The van der Waals surface area contributed by atoms with E-state index in [-0.39, 0.29) is 5.91 Å². The summed E-state index contributed by atoms with van der Waals surface area (Å²) in [7, 11) is 1.70. The Labute approximate surface area is 85.4 Å². The number of carbonyl (C=O) groups is 1. The van der Waals surface area contributed by atoms with Gasteiger partial charge >= 0.3 is 0 Å². The molecule has 1 saturated heterocycles. The Morgan fingerprint density at radius 1 is 1.50 bits per heavy atom. The van der Waals surface area contributed by atoms with Crippen LogP contribution in [-0.2, 0) is 9.53 Å². The Kier molecular flexibility index (Phi) is 4.90. The van der Waals surface area contributed by atoms with Crippen LogP contribution in [0.25, 0.3) is 0 Å². The number of methoxy groups -OCH3 is 1. The van der Waals surface area contributed by atoms with Gasteiger partial charge in [-0.1, -0.05) is 0 Å². The summed E-state index contributed by atoms with van der Waals surface area (Å²) in [6.45, 7) is 2.97. The highest BCUT2D eigenvalue weighted by Gasteiger charge is 2.21. The van der Waals surface area contributed by atoms with Gasteiger partial charge in [-0.15, -0.1) is 0 Å². The van der Waals surface area contributed by atoms with Crippen molar-refractivity contribution in [3.63, 3.8) is 0 Å². The number of primary amides is 1. The van der Waals surface area contributed by atoms with Gasteiger partial charge in [0.1, 0.15) is 0 Å². The van der Waals surface area contributed by atoms with Crippen molar-refractivity contribution in [1.82, 2.24) is 4.90 Å². The molecule has 1 aliphatic rings. The lowest BCUT2D eigenvalue weighted by Gasteiger charge is -2.26. The zero-order valence-corrected chi connectivity index (χ0v) is 8.87. The van der Waals surface area contributed by atoms with Crippen molar-refractivity contribution in [2.75, 3.05) is 26.8 Å². The number of nitrogens with two attached hydrogens (primary N) is 1. The van der Waals surface area contributed by atoms with Crippen LogP contribution in [0.2, 0.25) is 0 Å². The molecular weight excluding hydrogens is 180 g/mol. The molecule has 14 heavy (non-hydrogen) atoms. The van der Waals surface area contributed by atoms with E-state index in [4.69, 9.17) is 10.5 Å². The lowest BCUT2D eigenvalue weighted by atomic mass is 10.1. The zero-order valence-electron chi connectivity index (χ0n) is 8.87. The first kappa shape index (κ1) is 11.5. The Bertz CT molecular complexity index is 179. The molecule has 1 unspecified atom stereocenters. The third-order valence-electron chi connectivity index (χ3n) is 2.74. The first-order chi connectivity index (χ1) is 6.74. The molecule has 1 aliphatic heterocycles. The third-order valence-corrected chi connectivity index (χ3v) is 2.74. The number of hydrogen-bond donors (Lipinski definition) is 1. The highest BCUT2D eigenvalue weighted by Crippen LogP contribution is 2.15. The molecule has 0 aromatic rings. The number of ether oxygens (including phenoxy) is 1. The smallest absolute Gasteiger partial charge is 0.217 e. The molecule has 0 aromatic carbocycles. The summed E-state index contributed by atoms with van der Waals surface area (Å²) in [6, 6.07) is 0.370. The fourth-order valence-electron chi connectivity index (χ4n) is 1.98. The summed E-state index contributed by atoms with van der Waals surface area (Å²) in [5.74, 6) is -0.217. The average Bonchev–Trinajstić information content (AvgIpc) is 2.64. The van der Waals surface area contributed by atoms with Crippen LogP contribution in [0.15, 0.2) is 0 Å². The van der Waals surface area contributed by atoms with Crippen LogP contribution in [0.3, 0.4) is 0 Å². The molecule has 0 saturated carbocycles. The highest BCUT2D eigenvalue weighted by molar-refractivity contribution is 5.73. The monoisotopic (exact) mass is 200 g/mol. The molecule has 0 spiro atoms. The van der Waals surface area contributed by atoms with Crippen LogP contribution in [-0.4, -0.2) is 43.7 Å². The van der Waals surface area contributed by atoms with E-state index in [9.17, 15) is 4.79 Å². The Balaban J connectivity index is 2.33. The summed E-state index contributed by atoms with van der Waals surface area (Å²) in [6.07, 6.45) is 3.81. The molecule has 1 fully saturated rings. The van der Waals surface area contributed by atoms with Gasteiger partial charge in [-0.2, -0.15) is 0 Å². The number of carbonyl (C=O) groups excluding carboxylic acids is 1. The predicted octanol–water partition coefficient (Wildman–Crippen LogP) is 0.363. The average molecular weight is 200 g/mol. The van der Waals surface area contributed by atoms with E-state index in [1.165, 1.54) is 12.8 Å². The van der Waals surface area contributed by atoms with Crippen molar-refractivity contribution in [3.8, 4) is 0 Å². The molecule has 0 radical (unpaired) electrons. The molecule has 1 rings (SSSR count). The normalized spacial score (nSPS) is 19.8. The molecule has 0 bridgehead atoms. The van der Waals surface area contributed by atoms with Crippen molar-refractivity contribution in [3.05, 3.63) is 0 Å². The number of rotatable bonds is 6. The SMILES string of the molecule is COCC(CCC(N)=O)N1CCCC1. The number of hydrogen-bond acceptors (Lipinski definition) is 3. The standard InChI is InChI=1S/C10H20N2O2/c1-14-8-9(4-5-10(11)13)12-6-2-3-7-12/h9H,2-8H2,1H3,(H2,11,13). The maximum atomic E-state index is 10.7. The third kappa shape index (κ3) is 3.64. The van der Waals surface area contributed by atoms with E-state index in [1.54, 1.807) is 7.11 Å². The van der Waals surface area contributed by atoms with Crippen LogP contribution in [0.1, 0.15) is 25.7 Å². The number of likely N-dealkylation sites (tertiary alicyclic amines) is 1. The van der Waals surface area contributed by atoms with Crippen LogP contribution in [0.4, 0.5) is 0 Å². The first-order valence-electron chi connectivity index (χ1n) is 5.25. The summed E-state index contributed by atoms with van der Waals surface area (Å²) < 4.78 is 5.15. The molecule has 0 aliphatic carbocycles. The Hall–Kier alpha value is -0.610. The van der Waals surface area contributed by atoms with Crippen LogP contribution < -0.4 is 5.73 Å². The molecule has 0 aromatic heterocycles. The molecule has 1 atom stereocenters. The maximum Gasteiger partial charge on any atom is 0.217 e. The summed E-state index contributed by atoms with van der Waals surface area (Å²) >= 11 is 0. The van der Waals surface area contributed by atoms with E-state index in [0.29, 0.717) is 19.1 Å². The zero-order chi connectivity index (χ0) is 10.4. The van der Waals surface area contributed by atoms with Crippen LogP contribution >= 0.6 is 0 Å². The van der Waals surface area contributed by atoms with Gasteiger partial charge in [-0.05, 0) is 32.4 Å². The van der Waals surface area contributed by atoms with E-state index < -0.39 is 0 Å². The lowest BCUT2D eigenvalue weighted by molar-refractivity contribution is -0.118. The minimum Gasteiger partial charge on any atom is -0.383 e. The van der Waals surface area contributed by atoms with Crippen LogP contribution in [0.5, 0.6) is 0 Å². The van der Waals surface area contributed by atoms with Crippen LogP contribution in [0, 0.1) is 0 Å². The maximum absolute atomic E-state index is 10.7. The van der Waals surface area contributed by atoms with Gasteiger partial charge in [0.05, 0.1) is 6.61 Å². The van der Waals surface area contributed by atoms with E-state index >= 15 is 0 Å². The minimum absolute atomic E-state index is 0.217. The molecule has 4 heteroatoms. The second-order valence-electron chi connectivity index (χ2n) is 3.86. The second-order valence-corrected chi connectivity index (χ2v) is 3.86. The van der Waals surface area contributed by atoms with Crippen molar-refractivity contribution < 1.29 is 9.53 Å². The molecule has 4 nitrogen and oxygen atoms in total. The van der Waals surface area contributed by atoms with Gasteiger partial charge in [-0.25, -0.2) is 0 Å². The summed E-state index contributed by atoms with van der Waals surface area (Å²) in [4.78, 5) is 13.1. The molecule has 1 heterocycles. The van der Waals surface area contributed by atoms with Gasteiger partial charge in [-0.3, -0.25) is 9.69 Å². The topological polar surface area (TPSA) is 55.6 Å². The summed E-state index contributed by atoms with van der Waals surface area (Å²) in [5.41, 5.74) is 5.14. The molecule has 2 N–H and O–H groups in total. The van der Waals surface area contributed by atoms with Gasteiger partial charge in [0, 0.05) is 19.6 Å². The fraction of sp³-hybridized carbons (Fsp3) is 0.900. The quantitative estimate of drug-likeness (QED) is 0.673. The van der Waals surface area contributed by atoms with E-state index in [1.807, 2.05) is 0 Å². The first-order valence-corrected chi connectivity index (χ1v) is 5.25. The Morgan fingerprint density at radius 2 is 2.14 bits per heavy atom. The van der Waals surface area contributed by atoms with Gasteiger partial charge in [0.2, 0.25) is 5.91 Å².